The monoisotopic (exact) mass is 352 g/mol. The first kappa shape index (κ1) is 12.1. The summed E-state index contributed by atoms with van der Waals surface area (Å²) in [5.41, 5.74) is 1.37. The molecule has 0 amide bonds. The Kier molecular flexibility index (Phi) is 3.92. The molecule has 2 heterocycles. The first-order valence-electron chi connectivity index (χ1n) is 5.13. The molecule has 84 valence electrons. The van der Waals surface area contributed by atoms with E-state index in [-0.39, 0.29) is 0 Å². The first-order valence-corrected chi connectivity index (χ1v) is 7.66. The molecule has 0 radical (unpaired) electrons. The van der Waals surface area contributed by atoms with E-state index in [2.05, 4.69) is 51.8 Å². The van der Waals surface area contributed by atoms with Gasteiger partial charge in [0, 0.05) is 4.88 Å². The topological polar surface area (TPSA) is 9.23 Å². The van der Waals surface area contributed by atoms with Crippen molar-refractivity contribution >= 4 is 43.2 Å². The minimum atomic E-state index is 0.334. The summed E-state index contributed by atoms with van der Waals surface area (Å²) in [7, 11) is 0. The Bertz CT molecular complexity index is 350. The largest absolute Gasteiger partial charge is 0.374 e. The first-order chi connectivity index (χ1) is 7.08. The van der Waals surface area contributed by atoms with Gasteiger partial charge in [-0.25, -0.2) is 0 Å². The molecule has 1 saturated heterocycles. The van der Waals surface area contributed by atoms with E-state index in [0.717, 1.165) is 6.42 Å². The van der Waals surface area contributed by atoms with Gasteiger partial charge in [-0.3, -0.25) is 0 Å². The fourth-order valence-corrected chi connectivity index (χ4v) is 4.75. The molecule has 1 fully saturated rings. The van der Waals surface area contributed by atoms with Crippen LogP contribution in [-0.2, 0) is 4.74 Å². The zero-order chi connectivity index (χ0) is 11.0. The summed E-state index contributed by atoms with van der Waals surface area (Å²) in [5.74, 6) is 0. The van der Waals surface area contributed by atoms with Crippen LogP contribution in [0.4, 0.5) is 0 Å². The summed E-state index contributed by atoms with van der Waals surface area (Å²) in [6.45, 7) is 4.31. The number of hydrogen-bond acceptors (Lipinski definition) is 2. The zero-order valence-corrected chi connectivity index (χ0v) is 12.8. The lowest BCUT2D eigenvalue weighted by atomic mass is 10.1. The maximum absolute atomic E-state index is 5.88. The SMILES string of the molecule is Cc1sc(Br)cc1C(Br)C1CCC(C)O1. The molecule has 1 aliphatic heterocycles. The van der Waals surface area contributed by atoms with Crippen molar-refractivity contribution in [3.8, 4) is 0 Å². The van der Waals surface area contributed by atoms with Crippen LogP contribution in [0.25, 0.3) is 0 Å². The number of halogens is 2. The molecule has 15 heavy (non-hydrogen) atoms. The molecule has 1 aromatic rings. The molecule has 0 bridgehead atoms. The molecule has 4 heteroatoms. The fraction of sp³-hybridized carbons (Fsp3) is 0.636. The molecule has 0 spiro atoms. The van der Waals surface area contributed by atoms with Crippen LogP contribution in [0, 0.1) is 6.92 Å². The average Bonchev–Trinajstić information content (AvgIpc) is 2.71. The van der Waals surface area contributed by atoms with Crippen LogP contribution >= 0.6 is 43.2 Å². The summed E-state index contributed by atoms with van der Waals surface area (Å²) in [6, 6.07) is 2.20. The highest BCUT2D eigenvalue weighted by atomic mass is 79.9. The quantitative estimate of drug-likeness (QED) is 0.692. The Labute approximate surface area is 111 Å². The van der Waals surface area contributed by atoms with Crippen molar-refractivity contribution in [2.45, 2.75) is 43.7 Å². The molecule has 1 aromatic heterocycles. The predicted molar refractivity (Wildman–Crippen MR) is 72.0 cm³/mol. The van der Waals surface area contributed by atoms with Gasteiger partial charge >= 0.3 is 0 Å². The van der Waals surface area contributed by atoms with Gasteiger partial charge in [0.25, 0.3) is 0 Å². The van der Waals surface area contributed by atoms with Crippen molar-refractivity contribution in [2.24, 2.45) is 0 Å². The Hall–Kier alpha value is 0.620. The van der Waals surface area contributed by atoms with Gasteiger partial charge in [0.05, 0.1) is 20.8 Å². The van der Waals surface area contributed by atoms with Crippen LogP contribution < -0.4 is 0 Å². The van der Waals surface area contributed by atoms with Crippen LogP contribution in [0.1, 0.15) is 35.0 Å². The molecule has 3 unspecified atom stereocenters. The van der Waals surface area contributed by atoms with Crippen molar-refractivity contribution in [3.63, 3.8) is 0 Å². The summed E-state index contributed by atoms with van der Waals surface area (Å²) in [5, 5.41) is 0. The second-order valence-electron chi connectivity index (χ2n) is 4.03. The minimum absolute atomic E-state index is 0.334. The smallest absolute Gasteiger partial charge is 0.0745 e. The highest BCUT2D eigenvalue weighted by molar-refractivity contribution is 9.11. The summed E-state index contributed by atoms with van der Waals surface area (Å²) in [4.78, 5) is 1.71. The van der Waals surface area contributed by atoms with Gasteiger partial charge in [0.2, 0.25) is 0 Å². The third-order valence-electron chi connectivity index (χ3n) is 2.81. The number of ether oxygens (including phenoxy) is 1. The lowest BCUT2D eigenvalue weighted by Gasteiger charge is -2.17. The van der Waals surface area contributed by atoms with E-state index in [9.17, 15) is 0 Å². The van der Waals surface area contributed by atoms with Crippen LogP contribution in [-0.4, -0.2) is 12.2 Å². The van der Waals surface area contributed by atoms with E-state index in [1.807, 2.05) is 0 Å². The molecule has 3 atom stereocenters. The lowest BCUT2D eigenvalue weighted by Crippen LogP contribution is -2.14. The van der Waals surface area contributed by atoms with E-state index in [1.54, 1.807) is 11.3 Å². The summed E-state index contributed by atoms with van der Waals surface area (Å²) in [6.07, 6.45) is 3.08. The van der Waals surface area contributed by atoms with Crippen LogP contribution in [0.15, 0.2) is 9.85 Å². The average molecular weight is 354 g/mol. The third-order valence-corrected chi connectivity index (χ3v) is 5.47. The van der Waals surface area contributed by atoms with Gasteiger partial charge in [-0.1, -0.05) is 15.9 Å². The van der Waals surface area contributed by atoms with Gasteiger partial charge in [-0.15, -0.1) is 11.3 Å². The molecular weight excluding hydrogens is 340 g/mol. The molecule has 0 N–H and O–H groups in total. The predicted octanol–water partition coefficient (Wildman–Crippen LogP) is 4.82. The highest BCUT2D eigenvalue weighted by Gasteiger charge is 2.30. The standard InChI is InChI=1S/C11H14Br2OS/c1-6-3-4-9(14-6)11(13)8-5-10(12)15-7(8)2/h5-6,9,11H,3-4H2,1-2H3. The third kappa shape index (κ3) is 2.65. The number of thiophene rings is 1. The second-order valence-corrected chi connectivity index (χ2v) is 7.65. The van der Waals surface area contributed by atoms with E-state index in [4.69, 9.17) is 4.74 Å². The van der Waals surface area contributed by atoms with Crippen molar-refractivity contribution in [3.05, 3.63) is 20.3 Å². The molecule has 0 aromatic carbocycles. The molecule has 1 aliphatic rings. The van der Waals surface area contributed by atoms with E-state index < -0.39 is 0 Å². The molecule has 1 nitrogen and oxygen atoms in total. The van der Waals surface area contributed by atoms with Crippen molar-refractivity contribution in [1.29, 1.82) is 0 Å². The number of hydrogen-bond donors (Lipinski definition) is 0. The van der Waals surface area contributed by atoms with Crippen LogP contribution in [0.5, 0.6) is 0 Å². The molecule has 2 rings (SSSR count). The number of rotatable bonds is 2. The van der Waals surface area contributed by atoms with Crippen LogP contribution in [0.2, 0.25) is 0 Å². The summed E-state index contributed by atoms with van der Waals surface area (Å²) < 4.78 is 7.08. The highest BCUT2D eigenvalue weighted by Crippen LogP contribution is 2.41. The van der Waals surface area contributed by atoms with Crippen molar-refractivity contribution in [1.82, 2.24) is 0 Å². The lowest BCUT2D eigenvalue weighted by molar-refractivity contribution is 0.0556. The summed E-state index contributed by atoms with van der Waals surface area (Å²) >= 11 is 9.08. The Morgan fingerprint density at radius 3 is 2.73 bits per heavy atom. The maximum Gasteiger partial charge on any atom is 0.0745 e. The van der Waals surface area contributed by atoms with Gasteiger partial charge in [-0.2, -0.15) is 0 Å². The molecular formula is C11H14Br2OS. The number of alkyl halides is 1. The normalized spacial score (nSPS) is 28.3. The number of aryl methyl sites for hydroxylation is 1. The van der Waals surface area contributed by atoms with Gasteiger partial charge in [-0.05, 0) is 54.2 Å². The van der Waals surface area contributed by atoms with Crippen molar-refractivity contribution < 1.29 is 4.74 Å². The fourth-order valence-electron chi connectivity index (χ4n) is 1.98. The Morgan fingerprint density at radius 1 is 1.53 bits per heavy atom. The molecule has 0 saturated carbocycles. The van der Waals surface area contributed by atoms with E-state index in [0.29, 0.717) is 17.0 Å². The van der Waals surface area contributed by atoms with Gasteiger partial charge in [0.1, 0.15) is 0 Å². The van der Waals surface area contributed by atoms with Gasteiger partial charge in [0.15, 0.2) is 0 Å². The second kappa shape index (κ2) is 4.86. The molecule has 0 aliphatic carbocycles. The van der Waals surface area contributed by atoms with E-state index >= 15 is 0 Å². The van der Waals surface area contributed by atoms with Crippen molar-refractivity contribution in [2.75, 3.05) is 0 Å². The van der Waals surface area contributed by atoms with E-state index in [1.165, 1.54) is 20.6 Å². The zero-order valence-electron chi connectivity index (χ0n) is 8.80. The Balaban J connectivity index is 2.13. The Morgan fingerprint density at radius 2 is 2.27 bits per heavy atom. The van der Waals surface area contributed by atoms with Crippen LogP contribution in [0.3, 0.4) is 0 Å². The maximum atomic E-state index is 5.88. The van der Waals surface area contributed by atoms with Gasteiger partial charge < -0.3 is 4.74 Å². The minimum Gasteiger partial charge on any atom is -0.374 e.